The van der Waals surface area contributed by atoms with Crippen LogP contribution in [0.2, 0.25) is 0 Å². The van der Waals surface area contributed by atoms with Crippen LogP contribution >= 0.6 is 0 Å². The maximum Gasteiger partial charge on any atom is 0.314 e. The number of hydrogen-bond donors (Lipinski definition) is 1. The SMILES string of the molecule is CC(Cc1ccco1)(C(=O)O)c1ccc2c(c1)CCCC2. The van der Waals surface area contributed by atoms with Crippen molar-refractivity contribution in [3.05, 3.63) is 59.0 Å². The molecule has 1 aromatic carbocycles. The largest absolute Gasteiger partial charge is 0.481 e. The Kier molecular flexibility index (Phi) is 3.58. The van der Waals surface area contributed by atoms with Gasteiger partial charge in [-0.3, -0.25) is 4.79 Å². The van der Waals surface area contributed by atoms with Gasteiger partial charge >= 0.3 is 5.97 Å². The number of benzene rings is 1. The van der Waals surface area contributed by atoms with E-state index in [9.17, 15) is 9.90 Å². The fraction of sp³-hybridized carbons (Fsp3) is 0.389. The van der Waals surface area contributed by atoms with E-state index in [0.29, 0.717) is 12.2 Å². The molecule has 1 N–H and O–H groups in total. The first kappa shape index (κ1) is 13.9. The second kappa shape index (κ2) is 5.40. The number of carbonyl (C=O) groups is 1. The second-order valence-electron chi connectivity index (χ2n) is 6.08. The molecule has 110 valence electrons. The Morgan fingerprint density at radius 2 is 2.00 bits per heavy atom. The number of carboxylic acid groups (broad SMARTS) is 1. The van der Waals surface area contributed by atoms with Gasteiger partial charge in [0, 0.05) is 6.42 Å². The Hall–Kier alpha value is -2.03. The smallest absolute Gasteiger partial charge is 0.314 e. The predicted molar refractivity (Wildman–Crippen MR) is 80.5 cm³/mol. The maximum absolute atomic E-state index is 11.9. The van der Waals surface area contributed by atoms with Gasteiger partial charge in [0.2, 0.25) is 0 Å². The average Bonchev–Trinajstić information content (AvgIpc) is 2.99. The van der Waals surface area contributed by atoms with Crippen LogP contribution in [-0.2, 0) is 29.5 Å². The molecule has 1 heterocycles. The van der Waals surface area contributed by atoms with Crippen LogP contribution in [0.15, 0.2) is 41.0 Å². The quantitative estimate of drug-likeness (QED) is 0.930. The number of hydrogen-bond acceptors (Lipinski definition) is 2. The average molecular weight is 284 g/mol. The number of aliphatic carboxylic acids is 1. The molecule has 0 saturated carbocycles. The number of furan rings is 1. The zero-order valence-corrected chi connectivity index (χ0v) is 12.3. The monoisotopic (exact) mass is 284 g/mol. The Labute approximate surface area is 124 Å². The first-order valence-electron chi connectivity index (χ1n) is 7.48. The Morgan fingerprint density at radius 3 is 2.67 bits per heavy atom. The summed E-state index contributed by atoms with van der Waals surface area (Å²) in [5.74, 6) is -0.104. The summed E-state index contributed by atoms with van der Waals surface area (Å²) >= 11 is 0. The van der Waals surface area contributed by atoms with E-state index < -0.39 is 11.4 Å². The molecular formula is C18H20O3. The summed E-state index contributed by atoms with van der Waals surface area (Å²) in [6.07, 6.45) is 6.54. The molecule has 1 aliphatic rings. The first-order chi connectivity index (χ1) is 10.1. The van der Waals surface area contributed by atoms with Crippen molar-refractivity contribution in [3.8, 4) is 0 Å². The molecule has 1 unspecified atom stereocenters. The minimum Gasteiger partial charge on any atom is -0.481 e. The predicted octanol–water partition coefficient (Wildman–Crippen LogP) is 3.74. The van der Waals surface area contributed by atoms with Crippen LogP contribution < -0.4 is 0 Å². The van der Waals surface area contributed by atoms with E-state index >= 15 is 0 Å². The third kappa shape index (κ3) is 2.60. The molecular weight excluding hydrogens is 264 g/mol. The lowest BCUT2D eigenvalue weighted by molar-refractivity contribution is -0.143. The number of aryl methyl sites for hydroxylation is 2. The van der Waals surface area contributed by atoms with Gasteiger partial charge in [0.05, 0.1) is 11.7 Å². The summed E-state index contributed by atoms with van der Waals surface area (Å²) in [5.41, 5.74) is 2.60. The minimum atomic E-state index is -0.954. The fourth-order valence-corrected chi connectivity index (χ4v) is 3.14. The summed E-state index contributed by atoms with van der Waals surface area (Å²) < 4.78 is 5.35. The van der Waals surface area contributed by atoms with Crippen molar-refractivity contribution < 1.29 is 14.3 Å². The topological polar surface area (TPSA) is 50.4 Å². The van der Waals surface area contributed by atoms with Crippen molar-refractivity contribution in [2.24, 2.45) is 0 Å². The molecule has 1 atom stereocenters. The molecule has 3 rings (SSSR count). The zero-order chi connectivity index (χ0) is 14.9. The molecule has 0 amide bonds. The molecule has 0 fully saturated rings. The Balaban J connectivity index is 1.98. The maximum atomic E-state index is 11.9. The van der Waals surface area contributed by atoms with Crippen LogP contribution in [0.5, 0.6) is 0 Å². The normalized spacial score (nSPS) is 17.0. The van der Waals surface area contributed by atoms with Gasteiger partial charge < -0.3 is 9.52 Å². The van der Waals surface area contributed by atoms with Gasteiger partial charge in [-0.15, -0.1) is 0 Å². The van der Waals surface area contributed by atoms with E-state index in [1.165, 1.54) is 24.0 Å². The molecule has 0 aliphatic heterocycles. The van der Waals surface area contributed by atoms with E-state index in [-0.39, 0.29) is 0 Å². The molecule has 0 radical (unpaired) electrons. The van der Waals surface area contributed by atoms with E-state index in [1.807, 2.05) is 12.1 Å². The van der Waals surface area contributed by atoms with Crippen LogP contribution in [0.1, 0.15) is 42.2 Å². The Bertz CT molecular complexity index is 642. The molecule has 2 aromatic rings. The van der Waals surface area contributed by atoms with Crippen molar-refractivity contribution in [1.29, 1.82) is 0 Å². The Morgan fingerprint density at radius 1 is 1.24 bits per heavy atom. The van der Waals surface area contributed by atoms with Crippen molar-refractivity contribution in [2.75, 3.05) is 0 Å². The van der Waals surface area contributed by atoms with Gasteiger partial charge in [-0.05, 0) is 61.4 Å². The van der Waals surface area contributed by atoms with E-state index in [4.69, 9.17) is 4.42 Å². The molecule has 1 aromatic heterocycles. The van der Waals surface area contributed by atoms with Crippen molar-refractivity contribution >= 4 is 5.97 Å². The molecule has 3 nitrogen and oxygen atoms in total. The van der Waals surface area contributed by atoms with Crippen molar-refractivity contribution in [3.63, 3.8) is 0 Å². The van der Waals surface area contributed by atoms with Gasteiger partial charge in [-0.25, -0.2) is 0 Å². The van der Waals surface area contributed by atoms with E-state index in [2.05, 4.69) is 12.1 Å². The summed E-state index contributed by atoms with van der Waals surface area (Å²) in [6.45, 7) is 1.78. The molecule has 0 bridgehead atoms. The van der Waals surface area contributed by atoms with Gasteiger partial charge in [0.1, 0.15) is 5.76 Å². The van der Waals surface area contributed by atoms with Crippen LogP contribution in [0, 0.1) is 0 Å². The highest BCUT2D eigenvalue weighted by atomic mass is 16.4. The molecule has 0 spiro atoms. The number of carboxylic acids is 1. The van der Waals surface area contributed by atoms with Gasteiger partial charge in [-0.1, -0.05) is 18.2 Å². The number of rotatable bonds is 4. The van der Waals surface area contributed by atoms with Gasteiger partial charge in [-0.2, -0.15) is 0 Å². The van der Waals surface area contributed by atoms with Crippen LogP contribution in [0.25, 0.3) is 0 Å². The van der Waals surface area contributed by atoms with Crippen molar-refractivity contribution in [2.45, 2.75) is 44.4 Å². The number of fused-ring (bicyclic) bond motifs is 1. The fourth-order valence-electron chi connectivity index (χ4n) is 3.14. The minimum absolute atomic E-state index is 0.369. The van der Waals surface area contributed by atoms with Gasteiger partial charge in [0.25, 0.3) is 0 Å². The molecule has 3 heteroatoms. The van der Waals surface area contributed by atoms with E-state index in [0.717, 1.165) is 18.4 Å². The van der Waals surface area contributed by atoms with E-state index in [1.54, 1.807) is 19.3 Å². The molecule has 21 heavy (non-hydrogen) atoms. The second-order valence-corrected chi connectivity index (χ2v) is 6.08. The van der Waals surface area contributed by atoms with Crippen LogP contribution in [0.3, 0.4) is 0 Å². The zero-order valence-electron chi connectivity index (χ0n) is 12.3. The highest BCUT2D eigenvalue weighted by Crippen LogP contribution is 2.32. The standard InChI is InChI=1S/C18H20O3/c1-18(17(19)20,12-16-7-4-10-21-16)15-9-8-13-5-2-3-6-14(13)11-15/h4,7-11H,2-3,5-6,12H2,1H3,(H,19,20). The highest BCUT2D eigenvalue weighted by molar-refractivity contribution is 5.81. The highest BCUT2D eigenvalue weighted by Gasteiger charge is 2.36. The third-order valence-electron chi connectivity index (χ3n) is 4.57. The summed E-state index contributed by atoms with van der Waals surface area (Å²) in [7, 11) is 0. The summed E-state index contributed by atoms with van der Waals surface area (Å²) in [6, 6.07) is 9.80. The van der Waals surface area contributed by atoms with Crippen molar-refractivity contribution in [1.82, 2.24) is 0 Å². The lowest BCUT2D eigenvalue weighted by atomic mass is 9.76. The summed E-state index contributed by atoms with van der Waals surface area (Å²) in [5, 5.41) is 9.75. The summed E-state index contributed by atoms with van der Waals surface area (Å²) in [4.78, 5) is 11.9. The molecule has 0 saturated heterocycles. The van der Waals surface area contributed by atoms with Crippen LogP contribution in [-0.4, -0.2) is 11.1 Å². The van der Waals surface area contributed by atoms with Crippen LogP contribution in [0.4, 0.5) is 0 Å². The lowest BCUT2D eigenvalue weighted by Crippen LogP contribution is -2.35. The first-order valence-corrected chi connectivity index (χ1v) is 7.48. The lowest BCUT2D eigenvalue weighted by Gasteiger charge is -2.26. The third-order valence-corrected chi connectivity index (χ3v) is 4.57. The van der Waals surface area contributed by atoms with Gasteiger partial charge in [0.15, 0.2) is 0 Å². The molecule has 1 aliphatic carbocycles.